The van der Waals surface area contributed by atoms with Gasteiger partial charge in [-0.1, -0.05) is 11.4 Å². The monoisotopic (exact) mass is 360 g/mol. The Hall–Kier alpha value is -2.48. The second-order valence-electron chi connectivity index (χ2n) is 5.72. The molecule has 1 saturated heterocycles. The van der Waals surface area contributed by atoms with Crippen LogP contribution in [0.4, 0.5) is 0 Å². The van der Waals surface area contributed by atoms with E-state index in [0.29, 0.717) is 43.0 Å². The smallest absolute Gasteiger partial charge is 0.267 e. The van der Waals surface area contributed by atoms with Crippen molar-refractivity contribution < 1.29 is 14.3 Å². The Balaban J connectivity index is 1.61. The molecule has 0 atom stereocenters. The van der Waals surface area contributed by atoms with Crippen molar-refractivity contribution in [3.05, 3.63) is 40.4 Å². The summed E-state index contributed by atoms with van der Waals surface area (Å²) in [4.78, 5) is 29.3. The number of amides is 2. The number of carbonyl (C=O) groups is 2. The molecule has 0 unspecified atom stereocenters. The fourth-order valence-electron chi connectivity index (χ4n) is 2.77. The third-order valence-corrected chi connectivity index (χ3v) is 5.03. The summed E-state index contributed by atoms with van der Waals surface area (Å²) >= 11 is 1.14. The molecule has 1 aliphatic rings. The number of methoxy groups -OCH3 is 1. The van der Waals surface area contributed by atoms with Crippen LogP contribution in [0.25, 0.3) is 0 Å². The minimum absolute atomic E-state index is 0.0246. The molecular weight excluding hydrogens is 340 g/mol. The fraction of sp³-hybridized carbons (Fsp3) is 0.412. The summed E-state index contributed by atoms with van der Waals surface area (Å²) in [5.41, 5.74) is 1.37. The van der Waals surface area contributed by atoms with Gasteiger partial charge in [0.05, 0.1) is 12.8 Å². The van der Waals surface area contributed by atoms with Gasteiger partial charge in [0.25, 0.3) is 11.8 Å². The van der Waals surface area contributed by atoms with E-state index in [0.717, 1.165) is 23.0 Å². The second-order valence-corrected chi connectivity index (χ2v) is 6.47. The van der Waals surface area contributed by atoms with Crippen LogP contribution in [0, 0.1) is 0 Å². The van der Waals surface area contributed by atoms with Gasteiger partial charge in [0, 0.05) is 31.7 Å². The van der Waals surface area contributed by atoms with Crippen LogP contribution in [0.3, 0.4) is 0 Å². The lowest BCUT2D eigenvalue weighted by molar-refractivity contribution is 0.0537. The Labute approximate surface area is 150 Å². The Kier molecular flexibility index (Phi) is 5.28. The van der Waals surface area contributed by atoms with E-state index < -0.39 is 0 Å². The Bertz CT molecular complexity index is 752. The van der Waals surface area contributed by atoms with Gasteiger partial charge in [-0.05, 0) is 42.2 Å². The lowest BCUT2D eigenvalue weighted by Gasteiger charge is -2.34. The number of aromatic nitrogens is 2. The highest BCUT2D eigenvalue weighted by Crippen LogP contribution is 2.18. The van der Waals surface area contributed by atoms with E-state index in [-0.39, 0.29) is 11.8 Å². The van der Waals surface area contributed by atoms with Crippen molar-refractivity contribution in [1.29, 1.82) is 0 Å². The number of aryl methyl sites for hydroxylation is 1. The van der Waals surface area contributed by atoms with Gasteiger partial charge in [-0.15, -0.1) is 5.10 Å². The van der Waals surface area contributed by atoms with Crippen LogP contribution in [0.2, 0.25) is 0 Å². The molecule has 2 heterocycles. The highest BCUT2D eigenvalue weighted by molar-refractivity contribution is 7.08. The van der Waals surface area contributed by atoms with Gasteiger partial charge in [0.2, 0.25) is 0 Å². The van der Waals surface area contributed by atoms with Crippen molar-refractivity contribution >= 4 is 23.3 Å². The second kappa shape index (κ2) is 7.60. The number of hydrogen-bond donors (Lipinski definition) is 0. The molecule has 0 aliphatic carbocycles. The number of ether oxygens (including phenoxy) is 1. The van der Waals surface area contributed by atoms with E-state index in [2.05, 4.69) is 9.59 Å². The van der Waals surface area contributed by atoms with Crippen LogP contribution < -0.4 is 4.74 Å². The van der Waals surface area contributed by atoms with Crippen LogP contribution in [0.15, 0.2) is 24.3 Å². The largest absolute Gasteiger partial charge is 0.497 e. The first-order valence-electron chi connectivity index (χ1n) is 8.18. The zero-order valence-electron chi connectivity index (χ0n) is 14.3. The molecule has 0 bridgehead atoms. The van der Waals surface area contributed by atoms with Gasteiger partial charge in [0.1, 0.15) is 10.6 Å². The molecule has 0 spiro atoms. The minimum Gasteiger partial charge on any atom is -0.497 e. The maximum absolute atomic E-state index is 12.6. The Morgan fingerprint density at radius 3 is 2.24 bits per heavy atom. The molecule has 2 amide bonds. The van der Waals surface area contributed by atoms with Crippen molar-refractivity contribution in [2.75, 3.05) is 33.3 Å². The molecule has 7 nitrogen and oxygen atoms in total. The normalized spacial score (nSPS) is 14.5. The number of nitrogens with zero attached hydrogens (tertiary/aromatic N) is 4. The molecule has 132 valence electrons. The van der Waals surface area contributed by atoms with E-state index in [4.69, 9.17) is 4.74 Å². The predicted molar refractivity (Wildman–Crippen MR) is 94.1 cm³/mol. The molecule has 1 aliphatic heterocycles. The standard InChI is InChI=1S/C17H20N4O3S/c1-3-14-15(25-19-18-14)17(23)21-10-8-20(9-11-21)16(22)12-4-6-13(24-2)7-5-12/h4-7H,3,8-11H2,1-2H3. The maximum atomic E-state index is 12.6. The first-order chi connectivity index (χ1) is 12.1. The van der Waals surface area contributed by atoms with Crippen LogP contribution in [0.1, 0.15) is 32.6 Å². The molecule has 0 radical (unpaired) electrons. The minimum atomic E-state index is -0.0385. The number of benzene rings is 1. The molecule has 1 aromatic carbocycles. The van der Waals surface area contributed by atoms with E-state index in [1.807, 2.05) is 6.92 Å². The van der Waals surface area contributed by atoms with E-state index in [1.54, 1.807) is 41.2 Å². The topological polar surface area (TPSA) is 75.6 Å². The third kappa shape index (κ3) is 3.63. The van der Waals surface area contributed by atoms with Crippen LogP contribution in [-0.4, -0.2) is 64.5 Å². The van der Waals surface area contributed by atoms with E-state index in [9.17, 15) is 9.59 Å². The zero-order chi connectivity index (χ0) is 17.8. The summed E-state index contributed by atoms with van der Waals surface area (Å²) in [6, 6.07) is 7.07. The summed E-state index contributed by atoms with van der Waals surface area (Å²) < 4.78 is 8.99. The fourth-order valence-corrected chi connectivity index (χ4v) is 3.49. The van der Waals surface area contributed by atoms with Gasteiger partial charge in [-0.2, -0.15) is 0 Å². The third-order valence-electron chi connectivity index (χ3n) is 4.28. The predicted octanol–water partition coefficient (Wildman–Crippen LogP) is 1.71. The lowest BCUT2D eigenvalue weighted by atomic mass is 10.1. The molecule has 0 saturated carbocycles. The molecule has 25 heavy (non-hydrogen) atoms. The van der Waals surface area contributed by atoms with Crippen molar-refractivity contribution in [3.63, 3.8) is 0 Å². The summed E-state index contributed by atoms with van der Waals surface area (Å²) in [6.07, 6.45) is 0.688. The van der Waals surface area contributed by atoms with Crippen molar-refractivity contribution in [3.8, 4) is 5.75 Å². The molecule has 3 rings (SSSR count). The van der Waals surface area contributed by atoms with Crippen LogP contribution >= 0.6 is 11.5 Å². The highest BCUT2D eigenvalue weighted by Gasteiger charge is 2.27. The lowest BCUT2D eigenvalue weighted by Crippen LogP contribution is -2.50. The van der Waals surface area contributed by atoms with Crippen molar-refractivity contribution in [2.24, 2.45) is 0 Å². The van der Waals surface area contributed by atoms with Crippen LogP contribution in [-0.2, 0) is 6.42 Å². The van der Waals surface area contributed by atoms with Crippen molar-refractivity contribution in [1.82, 2.24) is 19.4 Å². The quantitative estimate of drug-likeness (QED) is 0.830. The van der Waals surface area contributed by atoms with Gasteiger partial charge >= 0.3 is 0 Å². The molecule has 0 N–H and O–H groups in total. The Morgan fingerprint density at radius 1 is 1.08 bits per heavy atom. The first kappa shape index (κ1) is 17.3. The number of piperazine rings is 1. The summed E-state index contributed by atoms with van der Waals surface area (Å²) in [6.45, 7) is 4.02. The van der Waals surface area contributed by atoms with Gasteiger partial charge < -0.3 is 14.5 Å². The van der Waals surface area contributed by atoms with Crippen molar-refractivity contribution in [2.45, 2.75) is 13.3 Å². The molecular formula is C17H20N4O3S. The molecule has 1 fully saturated rings. The molecule has 2 aromatic rings. The van der Waals surface area contributed by atoms with Gasteiger partial charge in [0.15, 0.2) is 0 Å². The number of carbonyl (C=O) groups excluding carboxylic acids is 2. The summed E-state index contributed by atoms with van der Waals surface area (Å²) in [5, 5.41) is 3.99. The SMILES string of the molecule is CCc1nnsc1C(=O)N1CCN(C(=O)c2ccc(OC)cc2)CC1. The molecule has 8 heteroatoms. The average molecular weight is 360 g/mol. The van der Waals surface area contributed by atoms with Gasteiger partial charge in [-0.3, -0.25) is 9.59 Å². The average Bonchev–Trinajstić information content (AvgIpc) is 3.16. The first-order valence-corrected chi connectivity index (χ1v) is 8.95. The van der Waals surface area contributed by atoms with Gasteiger partial charge in [-0.25, -0.2) is 0 Å². The van der Waals surface area contributed by atoms with E-state index >= 15 is 0 Å². The number of hydrogen-bond acceptors (Lipinski definition) is 6. The zero-order valence-corrected chi connectivity index (χ0v) is 15.1. The van der Waals surface area contributed by atoms with Crippen LogP contribution in [0.5, 0.6) is 5.75 Å². The summed E-state index contributed by atoms with van der Waals surface area (Å²) in [7, 11) is 1.59. The highest BCUT2D eigenvalue weighted by atomic mass is 32.1. The number of rotatable bonds is 4. The Morgan fingerprint density at radius 2 is 1.68 bits per heavy atom. The summed E-state index contributed by atoms with van der Waals surface area (Å²) in [5.74, 6) is 0.656. The molecule has 1 aromatic heterocycles. The van der Waals surface area contributed by atoms with E-state index in [1.165, 1.54) is 0 Å². The maximum Gasteiger partial charge on any atom is 0.267 e.